The lowest BCUT2D eigenvalue weighted by molar-refractivity contribution is -0.138. The first kappa shape index (κ1) is 13.4. The molecular formula is C11H22O3. The summed E-state index contributed by atoms with van der Waals surface area (Å²) in [7, 11) is 1.71. The van der Waals surface area contributed by atoms with Crippen molar-refractivity contribution in [1.29, 1.82) is 0 Å². The van der Waals surface area contributed by atoms with Gasteiger partial charge in [-0.3, -0.25) is 4.79 Å². The second-order valence-corrected chi connectivity index (χ2v) is 4.56. The van der Waals surface area contributed by atoms with E-state index in [0.29, 0.717) is 0 Å². The van der Waals surface area contributed by atoms with Gasteiger partial charge in [-0.1, -0.05) is 19.8 Å². The first-order valence-corrected chi connectivity index (χ1v) is 5.14. The zero-order valence-corrected chi connectivity index (χ0v) is 9.67. The number of hydrogen-bond acceptors (Lipinski definition) is 2. The van der Waals surface area contributed by atoms with Gasteiger partial charge in [0, 0.05) is 13.5 Å². The Labute approximate surface area is 86.5 Å². The molecule has 0 aliphatic heterocycles. The maximum Gasteiger partial charge on any atom is 0.303 e. The summed E-state index contributed by atoms with van der Waals surface area (Å²) in [5, 5.41) is 8.56. The van der Waals surface area contributed by atoms with E-state index in [-0.39, 0.29) is 17.9 Å². The fraction of sp³-hybridized carbons (Fsp3) is 0.909. The molecule has 1 atom stereocenters. The zero-order chi connectivity index (χ0) is 11.2. The fourth-order valence-electron chi connectivity index (χ4n) is 1.38. The van der Waals surface area contributed by atoms with Crippen molar-refractivity contribution in [2.24, 2.45) is 5.92 Å². The number of aliphatic carboxylic acids is 1. The van der Waals surface area contributed by atoms with Gasteiger partial charge in [0.1, 0.15) is 0 Å². The minimum absolute atomic E-state index is 0.0804. The van der Waals surface area contributed by atoms with Gasteiger partial charge in [-0.2, -0.15) is 0 Å². The van der Waals surface area contributed by atoms with Crippen LogP contribution in [-0.2, 0) is 9.53 Å². The van der Waals surface area contributed by atoms with Crippen molar-refractivity contribution in [3.63, 3.8) is 0 Å². The maximum atomic E-state index is 10.4. The van der Waals surface area contributed by atoms with E-state index in [1.165, 1.54) is 0 Å². The van der Waals surface area contributed by atoms with E-state index in [1.807, 2.05) is 6.92 Å². The van der Waals surface area contributed by atoms with Crippen LogP contribution in [0, 0.1) is 5.92 Å². The largest absolute Gasteiger partial charge is 0.481 e. The van der Waals surface area contributed by atoms with Crippen molar-refractivity contribution in [3.05, 3.63) is 0 Å². The third kappa shape index (κ3) is 6.89. The van der Waals surface area contributed by atoms with E-state index in [9.17, 15) is 4.79 Å². The Balaban J connectivity index is 3.58. The van der Waals surface area contributed by atoms with Crippen molar-refractivity contribution >= 4 is 5.97 Å². The van der Waals surface area contributed by atoms with E-state index in [2.05, 4.69) is 13.8 Å². The van der Waals surface area contributed by atoms with Crippen LogP contribution in [0.2, 0.25) is 0 Å². The number of carboxylic acid groups (broad SMARTS) is 1. The van der Waals surface area contributed by atoms with Crippen molar-refractivity contribution < 1.29 is 14.6 Å². The molecule has 0 aromatic rings. The summed E-state index contributed by atoms with van der Waals surface area (Å²) in [6, 6.07) is 0. The second-order valence-electron chi connectivity index (χ2n) is 4.56. The van der Waals surface area contributed by atoms with Gasteiger partial charge in [0.25, 0.3) is 0 Å². The van der Waals surface area contributed by atoms with Gasteiger partial charge in [0.2, 0.25) is 0 Å². The zero-order valence-electron chi connectivity index (χ0n) is 9.67. The van der Waals surface area contributed by atoms with Crippen LogP contribution in [0.15, 0.2) is 0 Å². The Morgan fingerprint density at radius 1 is 1.50 bits per heavy atom. The molecule has 1 unspecified atom stereocenters. The molecule has 14 heavy (non-hydrogen) atoms. The molecule has 0 rings (SSSR count). The first-order valence-electron chi connectivity index (χ1n) is 5.14. The summed E-state index contributed by atoms with van der Waals surface area (Å²) in [4.78, 5) is 10.4. The molecule has 0 aromatic carbocycles. The molecule has 0 aliphatic rings. The Bertz CT molecular complexity index is 175. The highest BCUT2D eigenvalue weighted by Crippen LogP contribution is 2.20. The highest BCUT2D eigenvalue weighted by Gasteiger charge is 2.16. The maximum absolute atomic E-state index is 10.4. The van der Waals surface area contributed by atoms with E-state index in [0.717, 1.165) is 19.3 Å². The Hall–Kier alpha value is -0.570. The molecule has 0 heterocycles. The summed E-state index contributed by atoms with van der Waals surface area (Å²) in [5.74, 6) is -0.441. The minimum Gasteiger partial charge on any atom is -0.481 e. The molecule has 3 nitrogen and oxygen atoms in total. The number of methoxy groups -OCH3 is 1. The molecule has 0 fully saturated rings. The molecule has 84 valence electrons. The van der Waals surface area contributed by atoms with Crippen LogP contribution in [-0.4, -0.2) is 23.8 Å². The van der Waals surface area contributed by atoms with Gasteiger partial charge in [-0.15, -0.1) is 0 Å². The Morgan fingerprint density at radius 3 is 2.50 bits per heavy atom. The number of rotatable bonds is 7. The van der Waals surface area contributed by atoms with Gasteiger partial charge >= 0.3 is 5.97 Å². The fourth-order valence-corrected chi connectivity index (χ4v) is 1.38. The minimum atomic E-state index is -0.705. The topological polar surface area (TPSA) is 46.5 Å². The number of carbonyl (C=O) groups is 1. The van der Waals surface area contributed by atoms with Gasteiger partial charge in [-0.25, -0.2) is 0 Å². The van der Waals surface area contributed by atoms with E-state index in [4.69, 9.17) is 9.84 Å². The van der Waals surface area contributed by atoms with Gasteiger partial charge in [-0.05, 0) is 26.2 Å². The summed E-state index contributed by atoms with van der Waals surface area (Å²) in [6.07, 6.45) is 3.23. The predicted molar refractivity (Wildman–Crippen MR) is 56.4 cm³/mol. The molecule has 0 aliphatic carbocycles. The highest BCUT2D eigenvalue weighted by molar-refractivity contribution is 5.66. The van der Waals surface area contributed by atoms with Crippen LogP contribution < -0.4 is 0 Å². The number of hydrogen-bond donors (Lipinski definition) is 1. The quantitative estimate of drug-likeness (QED) is 0.690. The molecule has 0 spiro atoms. The average Bonchev–Trinajstić information content (AvgIpc) is 2.02. The van der Waals surface area contributed by atoms with E-state index in [1.54, 1.807) is 7.11 Å². The van der Waals surface area contributed by atoms with Crippen LogP contribution >= 0.6 is 0 Å². The monoisotopic (exact) mass is 202 g/mol. The van der Waals surface area contributed by atoms with Crippen LogP contribution in [0.3, 0.4) is 0 Å². The summed E-state index contributed by atoms with van der Waals surface area (Å²) >= 11 is 0. The average molecular weight is 202 g/mol. The number of carboxylic acids is 1. The molecule has 0 saturated carbocycles. The lowest BCUT2D eigenvalue weighted by atomic mass is 9.95. The lowest BCUT2D eigenvalue weighted by Crippen LogP contribution is -2.22. The predicted octanol–water partition coefficient (Wildman–Crippen LogP) is 2.69. The van der Waals surface area contributed by atoms with Crippen molar-refractivity contribution in [2.75, 3.05) is 7.11 Å². The molecule has 0 bridgehead atoms. The van der Waals surface area contributed by atoms with Gasteiger partial charge < -0.3 is 9.84 Å². The third-order valence-electron chi connectivity index (χ3n) is 2.55. The van der Waals surface area contributed by atoms with Gasteiger partial charge in [0.05, 0.1) is 5.60 Å². The third-order valence-corrected chi connectivity index (χ3v) is 2.55. The molecule has 1 N–H and O–H groups in total. The molecule has 3 heteroatoms. The molecule has 0 aromatic heterocycles. The lowest BCUT2D eigenvalue weighted by Gasteiger charge is -2.23. The molecular weight excluding hydrogens is 180 g/mol. The van der Waals surface area contributed by atoms with E-state index < -0.39 is 5.97 Å². The number of ether oxygens (including phenoxy) is 1. The molecule has 0 radical (unpaired) electrons. The smallest absolute Gasteiger partial charge is 0.303 e. The van der Waals surface area contributed by atoms with Gasteiger partial charge in [0.15, 0.2) is 0 Å². The van der Waals surface area contributed by atoms with E-state index >= 15 is 0 Å². The summed E-state index contributed by atoms with van der Waals surface area (Å²) < 4.78 is 5.28. The van der Waals surface area contributed by atoms with Crippen molar-refractivity contribution in [2.45, 2.75) is 52.1 Å². The Kier molecular flexibility index (Phi) is 5.77. The second kappa shape index (κ2) is 6.02. The normalized spacial score (nSPS) is 14.0. The molecule has 0 saturated heterocycles. The summed E-state index contributed by atoms with van der Waals surface area (Å²) in [6.45, 7) is 6.08. The van der Waals surface area contributed by atoms with Crippen LogP contribution in [0.1, 0.15) is 46.5 Å². The molecule has 0 amide bonds. The van der Waals surface area contributed by atoms with Crippen molar-refractivity contribution in [3.8, 4) is 0 Å². The van der Waals surface area contributed by atoms with Crippen LogP contribution in [0.5, 0.6) is 0 Å². The van der Waals surface area contributed by atoms with Crippen LogP contribution in [0.4, 0.5) is 0 Å². The van der Waals surface area contributed by atoms with Crippen molar-refractivity contribution in [1.82, 2.24) is 0 Å². The highest BCUT2D eigenvalue weighted by atomic mass is 16.5. The summed E-state index contributed by atoms with van der Waals surface area (Å²) in [5.41, 5.74) is -0.0804. The SMILES string of the molecule is COC(C)(C)CCCC(C)CC(=O)O. The van der Waals surface area contributed by atoms with Crippen LogP contribution in [0.25, 0.3) is 0 Å². The standard InChI is InChI=1S/C11H22O3/c1-9(8-10(12)13)6-5-7-11(2,3)14-4/h9H,5-8H2,1-4H3,(H,12,13). The first-order chi connectivity index (χ1) is 6.37. The Morgan fingerprint density at radius 2 is 2.07 bits per heavy atom.